The molecule has 7 nitrogen and oxygen atoms in total. The smallest absolute Gasteiger partial charge is 0.316 e. The predicted octanol–water partition coefficient (Wildman–Crippen LogP) is 2.96. The molecule has 2 atom stereocenters. The fourth-order valence-electron chi connectivity index (χ4n) is 4.19. The number of rotatable bonds is 2. The minimum Gasteiger partial charge on any atom is -0.316 e. The van der Waals surface area contributed by atoms with Crippen molar-refractivity contribution < 1.29 is 4.79 Å². The Balaban J connectivity index is 1.43. The van der Waals surface area contributed by atoms with E-state index in [1.165, 1.54) is 0 Å². The normalized spacial score (nSPS) is 20.8. The summed E-state index contributed by atoms with van der Waals surface area (Å²) >= 11 is 0. The highest BCUT2D eigenvalue weighted by Gasteiger charge is 2.41. The standard InChI is InChI=1S/C20H20N6O/c27-20(22-15-6-2-1-3-7-15)26-16-8-9-17(26)13-25-18(11-16)23-24-19(25)14-5-4-10-21-12-14/h1-7,10,12,16-17H,8-9,11,13H2,(H,22,27). The first-order valence-corrected chi connectivity index (χ1v) is 9.26. The topological polar surface area (TPSA) is 75.9 Å². The first-order valence-electron chi connectivity index (χ1n) is 9.26. The highest BCUT2D eigenvalue weighted by molar-refractivity contribution is 5.90. The largest absolute Gasteiger partial charge is 0.322 e. The van der Waals surface area contributed by atoms with E-state index >= 15 is 0 Å². The number of hydrogen-bond donors (Lipinski definition) is 1. The average molecular weight is 360 g/mol. The van der Waals surface area contributed by atoms with Crippen LogP contribution >= 0.6 is 0 Å². The monoisotopic (exact) mass is 360 g/mol. The van der Waals surface area contributed by atoms with Crippen LogP contribution in [0.15, 0.2) is 54.9 Å². The van der Waals surface area contributed by atoms with Crippen LogP contribution in [0, 0.1) is 0 Å². The van der Waals surface area contributed by atoms with Gasteiger partial charge in [-0.15, -0.1) is 10.2 Å². The summed E-state index contributed by atoms with van der Waals surface area (Å²) in [5.41, 5.74) is 1.77. The first-order chi connectivity index (χ1) is 13.3. The number of carbonyl (C=O) groups excluding carboxylic acids is 1. The number of anilines is 1. The second kappa shape index (κ2) is 6.50. The van der Waals surface area contributed by atoms with Gasteiger partial charge in [0.25, 0.3) is 0 Å². The summed E-state index contributed by atoms with van der Waals surface area (Å²) in [6, 6.07) is 13.8. The van der Waals surface area contributed by atoms with Crippen LogP contribution in [0.2, 0.25) is 0 Å². The molecule has 5 rings (SSSR count). The summed E-state index contributed by atoms with van der Waals surface area (Å²) < 4.78 is 2.16. The maximum atomic E-state index is 13.0. The summed E-state index contributed by atoms with van der Waals surface area (Å²) in [4.78, 5) is 19.2. The predicted molar refractivity (Wildman–Crippen MR) is 101 cm³/mol. The number of para-hydroxylation sites is 1. The second-order valence-corrected chi connectivity index (χ2v) is 7.08. The lowest BCUT2D eigenvalue weighted by atomic mass is 10.1. The molecule has 136 valence electrons. The van der Waals surface area contributed by atoms with Gasteiger partial charge in [-0.25, -0.2) is 4.79 Å². The highest BCUT2D eigenvalue weighted by atomic mass is 16.2. The fraction of sp³-hybridized carbons (Fsp3) is 0.300. The summed E-state index contributed by atoms with van der Waals surface area (Å²) in [5.74, 6) is 1.77. The number of urea groups is 1. The van der Waals surface area contributed by atoms with E-state index in [1.807, 2.05) is 47.4 Å². The van der Waals surface area contributed by atoms with Gasteiger partial charge in [0.15, 0.2) is 5.82 Å². The molecule has 3 aromatic rings. The second-order valence-electron chi connectivity index (χ2n) is 7.08. The summed E-state index contributed by atoms with van der Waals surface area (Å²) in [6.07, 6.45) is 6.28. The van der Waals surface area contributed by atoms with Gasteiger partial charge in [0.1, 0.15) is 5.82 Å². The molecule has 0 saturated carbocycles. The number of nitrogens with one attached hydrogen (secondary N) is 1. The Kier molecular flexibility index (Phi) is 3.85. The molecule has 2 aliphatic rings. The molecule has 1 aromatic carbocycles. The van der Waals surface area contributed by atoms with Gasteiger partial charge in [0, 0.05) is 42.7 Å². The SMILES string of the molecule is O=C(Nc1ccccc1)N1C2CCC1Cn1c(nnc1-c1cccnc1)C2. The van der Waals surface area contributed by atoms with E-state index in [9.17, 15) is 4.79 Å². The van der Waals surface area contributed by atoms with Gasteiger partial charge in [0.2, 0.25) is 0 Å². The molecule has 1 saturated heterocycles. The van der Waals surface area contributed by atoms with Crippen molar-refractivity contribution in [2.24, 2.45) is 0 Å². The third-order valence-corrected chi connectivity index (χ3v) is 5.44. The zero-order valence-electron chi connectivity index (χ0n) is 14.8. The lowest BCUT2D eigenvalue weighted by Gasteiger charge is -2.28. The van der Waals surface area contributed by atoms with Gasteiger partial charge < -0.3 is 14.8 Å². The molecule has 27 heavy (non-hydrogen) atoms. The van der Waals surface area contributed by atoms with Crippen molar-refractivity contribution in [1.82, 2.24) is 24.6 Å². The summed E-state index contributed by atoms with van der Waals surface area (Å²) in [7, 11) is 0. The van der Waals surface area contributed by atoms with Crippen LogP contribution in [0.5, 0.6) is 0 Å². The maximum Gasteiger partial charge on any atom is 0.322 e. The average Bonchev–Trinajstić information content (AvgIpc) is 3.23. The molecule has 7 heteroatoms. The highest BCUT2D eigenvalue weighted by Crippen LogP contribution is 2.33. The van der Waals surface area contributed by atoms with Crippen LogP contribution in [-0.2, 0) is 13.0 Å². The Labute approximate surface area is 157 Å². The number of pyridine rings is 1. The van der Waals surface area contributed by atoms with E-state index in [1.54, 1.807) is 12.4 Å². The number of benzene rings is 1. The number of carbonyl (C=O) groups is 1. The molecule has 1 N–H and O–H groups in total. The molecule has 0 radical (unpaired) electrons. The minimum absolute atomic E-state index is 0.0321. The lowest BCUT2D eigenvalue weighted by molar-refractivity contribution is 0.185. The quantitative estimate of drug-likeness (QED) is 0.762. The van der Waals surface area contributed by atoms with Crippen molar-refractivity contribution in [2.45, 2.75) is 37.9 Å². The molecule has 2 bridgehead atoms. The maximum absolute atomic E-state index is 13.0. The Bertz CT molecular complexity index is 955. The Morgan fingerprint density at radius 2 is 1.89 bits per heavy atom. The number of hydrogen-bond acceptors (Lipinski definition) is 4. The Hall–Kier alpha value is -3.22. The zero-order valence-corrected chi connectivity index (χ0v) is 14.8. The van der Waals surface area contributed by atoms with Crippen LogP contribution < -0.4 is 5.32 Å². The van der Waals surface area contributed by atoms with Crippen LogP contribution in [0.25, 0.3) is 11.4 Å². The number of amides is 2. The molecular formula is C20H20N6O. The van der Waals surface area contributed by atoms with Crippen molar-refractivity contribution in [3.05, 3.63) is 60.7 Å². The molecule has 0 spiro atoms. The van der Waals surface area contributed by atoms with E-state index in [-0.39, 0.29) is 18.1 Å². The minimum atomic E-state index is -0.0321. The third kappa shape index (κ3) is 2.85. The van der Waals surface area contributed by atoms with Crippen molar-refractivity contribution >= 4 is 11.7 Å². The molecule has 1 fully saturated rings. The van der Waals surface area contributed by atoms with Gasteiger partial charge in [-0.1, -0.05) is 18.2 Å². The van der Waals surface area contributed by atoms with Gasteiger partial charge in [-0.05, 0) is 37.1 Å². The summed E-state index contributed by atoms with van der Waals surface area (Å²) in [6.45, 7) is 0.714. The third-order valence-electron chi connectivity index (χ3n) is 5.44. The van der Waals surface area contributed by atoms with Crippen molar-refractivity contribution in [3.8, 4) is 11.4 Å². The van der Waals surface area contributed by atoms with Crippen molar-refractivity contribution in [1.29, 1.82) is 0 Å². The number of aromatic nitrogens is 4. The van der Waals surface area contributed by atoms with Crippen molar-refractivity contribution in [2.75, 3.05) is 5.32 Å². The molecule has 2 aromatic heterocycles. The number of fused-ring (bicyclic) bond motifs is 3. The van der Waals surface area contributed by atoms with Crippen molar-refractivity contribution in [3.63, 3.8) is 0 Å². The van der Waals surface area contributed by atoms with E-state index in [2.05, 4.69) is 25.1 Å². The molecule has 4 heterocycles. The van der Waals surface area contributed by atoms with Gasteiger partial charge in [0.05, 0.1) is 6.04 Å². The molecule has 2 amide bonds. The van der Waals surface area contributed by atoms with Gasteiger partial charge in [-0.2, -0.15) is 0 Å². The first kappa shape index (κ1) is 16.0. The molecule has 2 unspecified atom stereocenters. The van der Waals surface area contributed by atoms with E-state index in [0.717, 1.165) is 42.2 Å². The van der Waals surface area contributed by atoms with E-state index < -0.39 is 0 Å². The van der Waals surface area contributed by atoms with E-state index in [0.29, 0.717) is 6.54 Å². The molecule has 0 aliphatic carbocycles. The van der Waals surface area contributed by atoms with Gasteiger partial charge in [-0.3, -0.25) is 4.98 Å². The van der Waals surface area contributed by atoms with Crippen LogP contribution in [0.3, 0.4) is 0 Å². The van der Waals surface area contributed by atoms with Crippen LogP contribution in [0.4, 0.5) is 10.5 Å². The van der Waals surface area contributed by atoms with Crippen LogP contribution in [0.1, 0.15) is 18.7 Å². The fourth-order valence-corrected chi connectivity index (χ4v) is 4.19. The Morgan fingerprint density at radius 3 is 2.70 bits per heavy atom. The zero-order chi connectivity index (χ0) is 18.2. The van der Waals surface area contributed by atoms with Gasteiger partial charge >= 0.3 is 6.03 Å². The molecular weight excluding hydrogens is 340 g/mol. The van der Waals surface area contributed by atoms with E-state index in [4.69, 9.17) is 0 Å². The number of nitrogens with zero attached hydrogens (tertiary/aromatic N) is 5. The lowest BCUT2D eigenvalue weighted by Crippen LogP contribution is -2.44. The summed E-state index contributed by atoms with van der Waals surface area (Å²) in [5, 5.41) is 11.9. The Morgan fingerprint density at radius 1 is 1.04 bits per heavy atom. The molecule has 2 aliphatic heterocycles. The van der Waals surface area contributed by atoms with Crippen LogP contribution in [-0.4, -0.2) is 42.8 Å².